The molecule has 3 heteroatoms. The minimum atomic E-state index is 0.741. The number of nitrogens with two attached hydrogens (primary N) is 1. The van der Waals surface area contributed by atoms with Crippen molar-refractivity contribution in [3.05, 3.63) is 29.8 Å². The third-order valence-corrected chi connectivity index (χ3v) is 4.08. The first-order chi connectivity index (χ1) is 7.63. The Morgan fingerprint density at radius 3 is 2.62 bits per heavy atom. The van der Waals surface area contributed by atoms with Crippen LogP contribution in [0, 0.1) is 0 Å². The summed E-state index contributed by atoms with van der Waals surface area (Å²) in [6, 6.07) is 8.22. The van der Waals surface area contributed by atoms with Crippen LogP contribution in [0.2, 0.25) is 0 Å². The zero-order chi connectivity index (χ0) is 11.5. The van der Waals surface area contributed by atoms with Gasteiger partial charge in [0.25, 0.3) is 0 Å². The van der Waals surface area contributed by atoms with E-state index in [2.05, 4.69) is 42.6 Å². The molecule has 1 aliphatic heterocycles. The molecule has 1 aromatic carbocycles. The predicted octanol–water partition coefficient (Wildman–Crippen LogP) is 2.59. The van der Waals surface area contributed by atoms with Crippen LogP contribution in [0.15, 0.2) is 24.3 Å². The van der Waals surface area contributed by atoms with Crippen molar-refractivity contribution in [3.8, 4) is 0 Å². The highest BCUT2D eigenvalue weighted by molar-refractivity contribution is 8.00. The molecular formula is C13H20N2S. The van der Waals surface area contributed by atoms with E-state index in [1.807, 2.05) is 12.1 Å². The zero-order valence-electron chi connectivity index (χ0n) is 10.0. The molecule has 2 nitrogen and oxygen atoms in total. The molecule has 2 atom stereocenters. The zero-order valence-corrected chi connectivity index (χ0v) is 10.8. The SMILES string of the molecule is CC1CN(Cc2cccc(N)c2)CC(C)S1. The van der Waals surface area contributed by atoms with Gasteiger partial charge in [0.05, 0.1) is 0 Å². The van der Waals surface area contributed by atoms with E-state index < -0.39 is 0 Å². The minimum absolute atomic E-state index is 0.741. The highest BCUT2D eigenvalue weighted by atomic mass is 32.2. The number of nitrogen functional groups attached to an aromatic ring is 1. The van der Waals surface area contributed by atoms with Crippen molar-refractivity contribution in [2.45, 2.75) is 30.9 Å². The van der Waals surface area contributed by atoms with Crippen LogP contribution in [0.3, 0.4) is 0 Å². The van der Waals surface area contributed by atoms with E-state index in [-0.39, 0.29) is 0 Å². The molecule has 0 radical (unpaired) electrons. The molecule has 2 N–H and O–H groups in total. The summed E-state index contributed by atoms with van der Waals surface area (Å²) in [7, 11) is 0. The molecule has 0 amide bonds. The van der Waals surface area contributed by atoms with Gasteiger partial charge < -0.3 is 5.73 Å². The van der Waals surface area contributed by atoms with Gasteiger partial charge in [-0.3, -0.25) is 4.90 Å². The van der Waals surface area contributed by atoms with E-state index in [0.29, 0.717) is 0 Å². The highest BCUT2D eigenvalue weighted by Gasteiger charge is 2.21. The third-order valence-electron chi connectivity index (χ3n) is 2.85. The second-order valence-corrected chi connectivity index (χ2v) is 6.58. The van der Waals surface area contributed by atoms with Crippen LogP contribution in [0.1, 0.15) is 19.4 Å². The molecule has 2 rings (SSSR count). The van der Waals surface area contributed by atoms with Crippen molar-refractivity contribution in [3.63, 3.8) is 0 Å². The van der Waals surface area contributed by atoms with E-state index in [0.717, 1.165) is 22.7 Å². The van der Waals surface area contributed by atoms with Crippen molar-refractivity contribution in [2.24, 2.45) is 0 Å². The van der Waals surface area contributed by atoms with Crippen LogP contribution in [-0.2, 0) is 6.54 Å². The van der Waals surface area contributed by atoms with Gasteiger partial charge in [-0.2, -0.15) is 11.8 Å². The maximum atomic E-state index is 5.80. The summed E-state index contributed by atoms with van der Waals surface area (Å²) in [5.74, 6) is 0. The Hall–Kier alpha value is -0.670. The van der Waals surface area contributed by atoms with Gasteiger partial charge in [-0.1, -0.05) is 26.0 Å². The summed E-state index contributed by atoms with van der Waals surface area (Å²) in [5.41, 5.74) is 7.99. The molecule has 0 bridgehead atoms. The molecule has 1 saturated heterocycles. The summed E-state index contributed by atoms with van der Waals surface area (Å²) in [6.45, 7) is 8.02. The second kappa shape index (κ2) is 5.11. The molecule has 1 heterocycles. The van der Waals surface area contributed by atoms with Crippen LogP contribution in [0.4, 0.5) is 5.69 Å². The molecule has 1 aliphatic rings. The Morgan fingerprint density at radius 1 is 1.31 bits per heavy atom. The van der Waals surface area contributed by atoms with Gasteiger partial charge in [0.15, 0.2) is 0 Å². The fourth-order valence-electron chi connectivity index (χ4n) is 2.36. The lowest BCUT2D eigenvalue weighted by atomic mass is 10.2. The van der Waals surface area contributed by atoms with Gasteiger partial charge in [-0.15, -0.1) is 0 Å². The van der Waals surface area contributed by atoms with E-state index in [4.69, 9.17) is 5.73 Å². The standard InChI is InChI=1S/C13H20N2S/c1-10-7-15(8-11(2)16-10)9-12-4-3-5-13(14)6-12/h3-6,10-11H,7-9,14H2,1-2H3. The minimum Gasteiger partial charge on any atom is -0.399 e. The number of nitrogens with zero attached hydrogens (tertiary/aromatic N) is 1. The normalized spacial score (nSPS) is 26.9. The molecule has 16 heavy (non-hydrogen) atoms. The lowest BCUT2D eigenvalue weighted by molar-refractivity contribution is 0.263. The van der Waals surface area contributed by atoms with E-state index in [9.17, 15) is 0 Å². The Balaban J connectivity index is 1.98. The number of anilines is 1. The Morgan fingerprint density at radius 2 is 2.00 bits per heavy atom. The largest absolute Gasteiger partial charge is 0.399 e. The maximum Gasteiger partial charge on any atom is 0.0317 e. The number of rotatable bonds is 2. The van der Waals surface area contributed by atoms with E-state index >= 15 is 0 Å². The lowest BCUT2D eigenvalue weighted by Gasteiger charge is -2.34. The number of thioether (sulfide) groups is 1. The lowest BCUT2D eigenvalue weighted by Crippen LogP contribution is -2.39. The quantitative estimate of drug-likeness (QED) is 0.800. The van der Waals surface area contributed by atoms with Crippen LogP contribution in [-0.4, -0.2) is 28.5 Å². The average Bonchev–Trinajstić information content (AvgIpc) is 2.15. The van der Waals surface area contributed by atoms with Crippen molar-refractivity contribution >= 4 is 17.4 Å². The average molecular weight is 236 g/mol. The Labute approximate surface area is 102 Å². The number of benzene rings is 1. The first-order valence-corrected chi connectivity index (χ1v) is 6.80. The summed E-state index contributed by atoms with van der Waals surface area (Å²) < 4.78 is 0. The van der Waals surface area contributed by atoms with Gasteiger partial charge in [-0.25, -0.2) is 0 Å². The molecule has 1 aromatic rings. The summed E-state index contributed by atoms with van der Waals surface area (Å²) in [5, 5.41) is 1.48. The van der Waals surface area contributed by atoms with Gasteiger partial charge in [0, 0.05) is 35.8 Å². The van der Waals surface area contributed by atoms with Crippen LogP contribution in [0.5, 0.6) is 0 Å². The van der Waals surface area contributed by atoms with Gasteiger partial charge in [-0.05, 0) is 17.7 Å². The third kappa shape index (κ3) is 3.16. The Bertz CT molecular complexity index is 344. The topological polar surface area (TPSA) is 29.3 Å². The van der Waals surface area contributed by atoms with Crippen LogP contribution < -0.4 is 5.73 Å². The van der Waals surface area contributed by atoms with Crippen LogP contribution >= 0.6 is 11.8 Å². The fraction of sp³-hybridized carbons (Fsp3) is 0.538. The molecule has 0 aliphatic carbocycles. The molecular weight excluding hydrogens is 216 g/mol. The van der Waals surface area contributed by atoms with Crippen molar-refractivity contribution in [2.75, 3.05) is 18.8 Å². The molecule has 0 spiro atoms. The summed E-state index contributed by atoms with van der Waals surface area (Å²) >= 11 is 2.09. The van der Waals surface area contributed by atoms with E-state index in [1.54, 1.807) is 0 Å². The first kappa shape index (κ1) is 11.8. The van der Waals surface area contributed by atoms with Crippen molar-refractivity contribution < 1.29 is 0 Å². The molecule has 1 fully saturated rings. The fourth-order valence-corrected chi connectivity index (χ4v) is 3.75. The van der Waals surface area contributed by atoms with E-state index in [1.165, 1.54) is 18.7 Å². The predicted molar refractivity (Wildman–Crippen MR) is 72.6 cm³/mol. The van der Waals surface area contributed by atoms with Crippen molar-refractivity contribution in [1.29, 1.82) is 0 Å². The maximum absolute atomic E-state index is 5.80. The highest BCUT2D eigenvalue weighted by Crippen LogP contribution is 2.25. The van der Waals surface area contributed by atoms with Crippen LogP contribution in [0.25, 0.3) is 0 Å². The Kier molecular flexibility index (Phi) is 3.77. The molecule has 2 unspecified atom stereocenters. The molecule has 0 aromatic heterocycles. The van der Waals surface area contributed by atoms with Gasteiger partial charge >= 0.3 is 0 Å². The summed E-state index contributed by atoms with van der Waals surface area (Å²) in [6.07, 6.45) is 0. The molecule has 0 saturated carbocycles. The van der Waals surface area contributed by atoms with Crippen molar-refractivity contribution in [1.82, 2.24) is 4.90 Å². The second-order valence-electron chi connectivity index (χ2n) is 4.70. The monoisotopic (exact) mass is 236 g/mol. The van der Waals surface area contributed by atoms with Gasteiger partial charge in [0.2, 0.25) is 0 Å². The number of hydrogen-bond acceptors (Lipinski definition) is 3. The smallest absolute Gasteiger partial charge is 0.0317 e. The molecule has 88 valence electrons. The first-order valence-electron chi connectivity index (χ1n) is 5.85. The summed E-state index contributed by atoms with van der Waals surface area (Å²) in [4.78, 5) is 2.53. The number of hydrogen-bond donors (Lipinski definition) is 1. The van der Waals surface area contributed by atoms with Gasteiger partial charge in [0.1, 0.15) is 0 Å².